The normalized spacial score (nSPS) is 9.92. The molecule has 2 aromatic rings. The van der Waals surface area contributed by atoms with Gasteiger partial charge in [0.25, 0.3) is 0 Å². The molecule has 3 amide bonds. The minimum Gasteiger partial charge on any atom is -0.513 e. The third kappa shape index (κ3) is 5.55. The molecular formula is C19H21N3O4. The van der Waals surface area contributed by atoms with Gasteiger partial charge in [0.2, 0.25) is 0 Å². The number of hydrogen-bond acceptors (Lipinski definition) is 4. The van der Waals surface area contributed by atoms with Crippen LogP contribution in [-0.2, 0) is 6.42 Å². The smallest absolute Gasteiger partial charge is 0.417 e. The quantitative estimate of drug-likeness (QED) is 0.610. The van der Waals surface area contributed by atoms with Crippen molar-refractivity contribution >= 4 is 23.5 Å². The van der Waals surface area contributed by atoms with Gasteiger partial charge in [-0.1, -0.05) is 24.8 Å². The van der Waals surface area contributed by atoms with Crippen molar-refractivity contribution in [1.29, 1.82) is 0 Å². The van der Waals surface area contributed by atoms with E-state index in [2.05, 4.69) is 22.5 Å². The predicted octanol–water partition coefficient (Wildman–Crippen LogP) is 3.97. The van der Waals surface area contributed by atoms with Gasteiger partial charge in [0.1, 0.15) is 5.75 Å². The first-order valence-electron chi connectivity index (χ1n) is 7.91. The standard InChI is InChI=1S/C19H21N3O4/c1-12-4-7-15(21-18(24)20-3)11-17(12)22-19(25)26-16-8-5-14(6-9-16)10-13(2)23/h4-9,11,23H,2,10H2,1,3H3,(H,22,25)(H2,20,21,24). The summed E-state index contributed by atoms with van der Waals surface area (Å²) in [4.78, 5) is 23.5. The van der Waals surface area contributed by atoms with Crippen molar-refractivity contribution in [2.75, 3.05) is 17.7 Å². The van der Waals surface area contributed by atoms with E-state index < -0.39 is 6.09 Å². The number of aryl methyl sites for hydroxylation is 1. The Morgan fingerprint density at radius 3 is 2.42 bits per heavy atom. The molecule has 0 fully saturated rings. The van der Waals surface area contributed by atoms with E-state index in [1.54, 1.807) is 42.5 Å². The summed E-state index contributed by atoms with van der Waals surface area (Å²) in [7, 11) is 1.52. The second-order valence-corrected chi connectivity index (χ2v) is 5.64. The minimum atomic E-state index is -0.649. The maximum atomic E-state index is 12.1. The minimum absolute atomic E-state index is 0.0668. The molecule has 0 radical (unpaired) electrons. The summed E-state index contributed by atoms with van der Waals surface area (Å²) in [5.74, 6) is 0.434. The molecule has 0 aliphatic heterocycles. The first-order valence-corrected chi connectivity index (χ1v) is 7.91. The van der Waals surface area contributed by atoms with Crippen LogP contribution in [0.25, 0.3) is 0 Å². The number of nitrogens with one attached hydrogen (secondary N) is 3. The second kappa shape index (κ2) is 8.57. The van der Waals surface area contributed by atoms with Crippen molar-refractivity contribution in [2.45, 2.75) is 13.3 Å². The summed E-state index contributed by atoms with van der Waals surface area (Å²) in [6.45, 7) is 5.27. The topological polar surface area (TPSA) is 99.7 Å². The lowest BCUT2D eigenvalue weighted by molar-refractivity contribution is 0.215. The Kier molecular flexibility index (Phi) is 6.21. The summed E-state index contributed by atoms with van der Waals surface area (Å²) in [5, 5.41) is 16.9. The number of aliphatic hydroxyl groups excluding tert-OH is 1. The van der Waals surface area contributed by atoms with E-state index in [1.807, 2.05) is 6.92 Å². The van der Waals surface area contributed by atoms with Crippen molar-refractivity contribution in [1.82, 2.24) is 5.32 Å². The van der Waals surface area contributed by atoms with Crippen LogP contribution in [0.2, 0.25) is 0 Å². The molecule has 0 aliphatic carbocycles. The number of anilines is 2. The maximum Gasteiger partial charge on any atom is 0.417 e. The van der Waals surface area contributed by atoms with Crippen LogP contribution in [0.4, 0.5) is 21.0 Å². The summed E-state index contributed by atoms with van der Waals surface area (Å²) in [6, 6.07) is 11.5. The lowest BCUT2D eigenvalue weighted by Gasteiger charge is -2.12. The van der Waals surface area contributed by atoms with Crippen molar-refractivity contribution in [3.8, 4) is 5.75 Å². The monoisotopic (exact) mass is 355 g/mol. The van der Waals surface area contributed by atoms with Gasteiger partial charge >= 0.3 is 12.1 Å². The van der Waals surface area contributed by atoms with Crippen molar-refractivity contribution in [3.63, 3.8) is 0 Å². The van der Waals surface area contributed by atoms with Gasteiger partial charge in [0, 0.05) is 24.8 Å². The number of ether oxygens (including phenoxy) is 1. The predicted molar refractivity (Wildman–Crippen MR) is 101 cm³/mol. The zero-order chi connectivity index (χ0) is 19.1. The lowest BCUT2D eigenvalue weighted by atomic mass is 10.1. The molecule has 4 N–H and O–H groups in total. The van der Waals surface area contributed by atoms with E-state index in [9.17, 15) is 14.7 Å². The molecule has 26 heavy (non-hydrogen) atoms. The van der Waals surface area contributed by atoms with Crippen LogP contribution < -0.4 is 20.7 Å². The molecule has 7 heteroatoms. The van der Waals surface area contributed by atoms with Crippen LogP contribution in [0.1, 0.15) is 11.1 Å². The van der Waals surface area contributed by atoms with E-state index in [4.69, 9.17) is 4.74 Å². The highest BCUT2D eigenvalue weighted by Crippen LogP contribution is 2.21. The number of urea groups is 1. The van der Waals surface area contributed by atoms with Gasteiger partial charge < -0.3 is 20.5 Å². The number of hydrogen-bond donors (Lipinski definition) is 4. The average Bonchev–Trinajstić information content (AvgIpc) is 2.59. The fourth-order valence-electron chi connectivity index (χ4n) is 2.18. The van der Waals surface area contributed by atoms with Crippen LogP contribution in [0.15, 0.2) is 54.8 Å². The lowest BCUT2D eigenvalue weighted by Crippen LogP contribution is -2.24. The highest BCUT2D eigenvalue weighted by atomic mass is 16.6. The first-order chi connectivity index (χ1) is 12.4. The van der Waals surface area contributed by atoms with Gasteiger partial charge in [-0.05, 0) is 42.3 Å². The van der Waals surface area contributed by atoms with Crippen LogP contribution in [0.3, 0.4) is 0 Å². The molecule has 0 unspecified atom stereocenters. The third-order valence-corrected chi connectivity index (χ3v) is 3.50. The highest BCUT2D eigenvalue weighted by Gasteiger charge is 2.09. The van der Waals surface area contributed by atoms with Gasteiger partial charge in [-0.2, -0.15) is 0 Å². The summed E-state index contributed by atoms with van der Waals surface area (Å²) >= 11 is 0. The zero-order valence-corrected chi connectivity index (χ0v) is 14.6. The molecule has 0 saturated carbocycles. The molecule has 136 valence electrons. The van der Waals surface area contributed by atoms with E-state index >= 15 is 0 Å². The van der Waals surface area contributed by atoms with Crippen molar-refractivity contribution in [3.05, 3.63) is 65.9 Å². The zero-order valence-electron chi connectivity index (χ0n) is 14.6. The van der Waals surface area contributed by atoms with Crippen molar-refractivity contribution < 1.29 is 19.4 Å². The third-order valence-electron chi connectivity index (χ3n) is 3.50. The summed E-state index contributed by atoms with van der Waals surface area (Å²) in [6.07, 6.45) is -0.305. The molecule has 0 saturated heterocycles. The Hall–Kier alpha value is -3.48. The Labute approximate surface area is 151 Å². The second-order valence-electron chi connectivity index (χ2n) is 5.64. The van der Waals surface area contributed by atoms with Crippen LogP contribution in [0.5, 0.6) is 5.75 Å². The average molecular weight is 355 g/mol. The summed E-state index contributed by atoms with van der Waals surface area (Å²) in [5.41, 5.74) is 2.74. The van der Waals surface area contributed by atoms with E-state index in [0.717, 1.165) is 11.1 Å². The van der Waals surface area contributed by atoms with Crippen LogP contribution in [-0.4, -0.2) is 24.3 Å². The molecule has 7 nitrogen and oxygen atoms in total. The number of benzene rings is 2. The number of allylic oxidation sites excluding steroid dienone is 1. The first kappa shape index (κ1) is 18.9. The number of carbonyl (C=O) groups is 2. The largest absolute Gasteiger partial charge is 0.513 e. The highest BCUT2D eigenvalue weighted by molar-refractivity contribution is 5.92. The fraction of sp³-hybridized carbons (Fsp3) is 0.158. The Balaban J connectivity index is 2.01. The van der Waals surface area contributed by atoms with Gasteiger partial charge in [-0.15, -0.1) is 0 Å². The van der Waals surface area contributed by atoms with Gasteiger partial charge in [-0.3, -0.25) is 5.32 Å². The van der Waals surface area contributed by atoms with Crippen molar-refractivity contribution in [2.24, 2.45) is 0 Å². The molecule has 0 heterocycles. The molecule has 0 aliphatic rings. The molecule has 2 aromatic carbocycles. The van der Waals surface area contributed by atoms with Crippen LogP contribution in [0, 0.1) is 6.92 Å². The van der Waals surface area contributed by atoms with Gasteiger partial charge in [0.15, 0.2) is 0 Å². The Bertz CT molecular complexity index is 816. The number of carbonyl (C=O) groups excluding carboxylic acids is 2. The summed E-state index contributed by atoms with van der Waals surface area (Å²) < 4.78 is 5.24. The molecular weight excluding hydrogens is 334 g/mol. The van der Waals surface area contributed by atoms with E-state index in [-0.39, 0.29) is 11.8 Å². The van der Waals surface area contributed by atoms with Gasteiger partial charge in [0.05, 0.1) is 5.76 Å². The number of amides is 3. The molecule has 0 spiro atoms. The molecule has 0 aromatic heterocycles. The fourth-order valence-corrected chi connectivity index (χ4v) is 2.18. The maximum absolute atomic E-state index is 12.1. The molecule has 0 atom stereocenters. The van der Waals surface area contributed by atoms with Gasteiger partial charge in [-0.25, -0.2) is 9.59 Å². The molecule has 2 rings (SSSR count). The number of aliphatic hydroxyl groups is 1. The molecule has 0 bridgehead atoms. The Morgan fingerprint density at radius 2 is 1.81 bits per heavy atom. The Morgan fingerprint density at radius 1 is 1.12 bits per heavy atom. The number of rotatable bonds is 5. The SMILES string of the molecule is C=C(O)Cc1ccc(OC(=O)Nc2cc(NC(=O)NC)ccc2C)cc1. The van der Waals surface area contributed by atoms with E-state index in [1.165, 1.54) is 7.05 Å². The van der Waals surface area contributed by atoms with Crippen LogP contribution >= 0.6 is 0 Å². The van der Waals surface area contributed by atoms with E-state index in [0.29, 0.717) is 23.5 Å².